The van der Waals surface area contributed by atoms with Gasteiger partial charge in [-0.15, -0.1) is 0 Å². The van der Waals surface area contributed by atoms with Crippen molar-refractivity contribution >= 4 is 17.3 Å². The van der Waals surface area contributed by atoms with Gasteiger partial charge in [-0.2, -0.15) is 0 Å². The van der Waals surface area contributed by atoms with Crippen LogP contribution in [0.25, 0.3) is 0 Å². The van der Waals surface area contributed by atoms with Gasteiger partial charge in [-0.1, -0.05) is 42.5 Å². The zero-order chi connectivity index (χ0) is 19.2. The molecule has 0 unspecified atom stereocenters. The van der Waals surface area contributed by atoms with Gasteiger partial charge < -0.3 is 10.2 Å². The van der Waals surface area contributed by atoms with E-state index in [0.29, 0.717) is 5.69 Å². The van der Waals surface area contributed by atoms with Gasteiger partial charge in [0.25, 0.3) is 5.91 Å². The molecule has 0 fully saturated rings. The number of nitrogens with zero attached hydrogens (tertiary/aromatic N) is 2. The van der Waals surface area contributed by atoms with Crippen LogP contribution in [0, 0.1) is 13.8 Å². The Labute approximate surface area is 160 Å². The Morgan fingerprint density at radius 1 is 1.04 bits per heavy atom. The standard InChI is InChI=1S/C23H25N3O/c1-4-26(16-19-8-6-5-7-9-19)20-12-13-21(24-15-20)23(27)25-22-14-17(2)10-11-18(22)3/h5-15H,4,16H2,1-3H3,(H,25,27). The average molecular weight is 359 g/mol. The lowest BCUT2D eigenvalue weighted by molar-refractivity contribution is 0.102. The Morgan fingerprint density at radius 2 is 1.81 bits per heavy atom. The maximum atomic E-state index is 12.5. The topological polar surface area (TPSA) is 45.2 Å². The normalized spacial score (nSPS) is 10.5. The molecule has 0 aliphatic heterocycles. The van der Waals surface area contributed by atoms with Gasteiger partial charge in [0.15, 0.2) is 0 Å². The van der Waals surface area contributed by atoms with Gasteiger partial charge in [0.2, 0.25) is 0 Å². The second kappa shape index (κ2) is 8.49. The smallest absolute Gasteiger partial charge is 0.274 e. The van der Waals surface area contributed by atoms with Gasteiger partial charge in [0.1, 0.15) is 5.69 Å². The molecule has 0 radical (unpaired) electrons. The molecule has 0 bridgehead atoms. The summed E-state index contributed by atoms with van der Waals surface area (Å²) in [6, 6.07) is 20.1. The number of amides is 1. The van der Waals surface area contributed by atoms with Crippen LogP contribution in [0.5, 0.6) is 0 Å². The van der Waals surface area contributed by atoms with Crippen molar-refractivity contribution in [2.75, 3.05) is 16.8 Å². The molecule has 4 nitrogen and oxygen atoms in total. The number of rotatable bonds is 6. The minimum absolute atomic E-state index is 0.193. The molecule has 3 aromatic rings. The molecule has 27 heavy (non-hydrogen) atoms. The predicted octanol–water partition coefficient (Wildman–Crippen LogP) is 4.98. The van der Waals surface area contributed by atoms with E-state index >= 15 is 0 Å². The summed E-state index contributed by atoms with van der Waals surface area (Å²) in [5, 5.41) is 2.95. The lowest BCUT2D eigenvalue weighted by Gasteiger charge is -2.23. The zero-order valence-corrected chi connectivity index (χ0v) is 16.1. The van der Waals surface area contributed by atoms with E-state index in [1.807, 2.05) is 56.3 Å². The Bertz CT molecular complexity index is 905. The van der Waals surface area contributed by atoms with Gasteiger partial charge in [-0.05, 0) is 55.7 Å². The Hall–Kier alpha value is -3.14. The maximum Gasteiger partial charge on any atom is 0.274 e. The first-order valence-electron chi connectivity index (χ1n) is 9.20. The third-order valence-electron chi connectivity index (χ3n) is 4.58. The van der Waals surface area contributed by atoms with Crippen molar-refractivity contribution in [3.05, 3.63) is 89.2 Å². The molecule has 4 heteroatoms. The average Bonchev–Trinajstić information content (AvgIpc) is 2.70. The molecule has 0 spiro atoms. The quantitative estimate of drug-likeness (QED) is 0.675. The Kier molecular flexibility index (Phi) is 5.87. The summed E-state index contributed by atoms with van der Waals surface area (Å²) < 4.78 is 0. The largest absolute Gasteiger partial charge is 0.366 e. The number of aryl methyl sites for hydroxylation is 2. The van der Waals surface area contributed by atoms with E-state index in [0.717, 1.165) is 35.6 Å². The molecule has 1 heterocycles. The second-order valence-electron chi connectivity index (χ2n) is 6.67. The first-order valence-corrected chi connectivity index (χ1v) is 9.20. The summed E-state index contributed by atoms with van der Waals surface area (Å²) in [5.41, 5.74) is 5.63. The van der Waals surface area contributed by atoms with Gasteiger partial charge in [0, 0.05) is 18.8 Å². The van der Waals surface area contributed by atoms with Crippen LogP contribution in [0.1, 0.15) is 34.1 Å². The van der Waals surface area contributed by atoms with Gasteiger partial charge in [-0.3, -0.25) is 4.79 Å². The van der Waals surface area contributed by atoms with Crippen molar-refractivity contribution in [1.82, 2.24) is 4.98 Å². The van der Waals surface area contributed by atoms with Crippen molar-refractivity contribution in [1.29, 1.82) is 0 Å². The predicted molar refractivity (Wildman–Crippen MR) is 111 cm³/mol. The molecule has 0 saturated carbocycles. The first kappa shape index (κ1) is 18.6. The summed E-state index contributed by atoms with van der Waals surface area (Å²) in [7, 11) is 0. The van der Waals surface area contributed by atoms with E-state index in [4.69, 9.17) is 0 Å². The number of pyridine rings is 1. The lowest BCUT2D eigenvalue weighted by Crippen LogP contribution is -2.22. The highest BCUT2D eigenvalue weighted by atomic mass is 16.1. The third kappa shape index (κ3) is 4.73. The number of hydrogen-bond acceptors (Lipinski definition) is 3. The second-order valence-corrected chi connectivity index (χ2v) is 6.67. The number of nitrogens with one attached hydrogen (secondary N) is 1. The fourth-order valence-corrected chi connectivity index (χ4v) is 2.95. The van der Waals surface area contributed by atoms with Crippen LogP contribution in [0.15, 0.2) is 66.9 Å². The van der Waals surface area contributed by atoms with Crippen LogP contribution in [0.3, 0.4) is 0 Å². The van der Waals surface area contributed by atoms with E-state index in [1.54, 1.807) is 12.3 Å². The van der Waals surface area contributed by atoms with Crippen LogP contribution < -0.4 is 10.2 Å². The third-order valence-corrected chi connectivity index (χ3v) is 4.58. The molecule has 0 aliphatic carbocycles. The van der Waals surface area contributed by atoms with Crippen LogP contribution >= 0.6 is 0 Å². The van der Waals surface area contributed by atoms with Crippen molar-refractivity contribution < 1.29 is 4.79 Å². The summed E-state index contributed by atoms with van der Waals surface area (Å²) in [5.74, 6) is -0.193. The summed E-state index contributed by atoms with van der Waals surface area (Å²) in [6.07, 6.45) is 1.77. The Morgan fingerprint density at radius 3 is 2.48 bits per heavy atom. The highest BCUT2D eigenvalue weighted by molar-refractivity contribution is 6.03. The van der Waals surface area contributed by atoms with E-state index in [-0.39, 0.29) is 5.91 Å². The molecule has 138 valence electrons. The van der Waals surface area contributed by atoms with Crippen LogP contribution in [0.4, 0.5) is 11.4 Å². The molecule has 1 aromatic heterocycles. The number of aromatic nitrogens is 1. The number of carbonyl (C=O) groups is 1. The number of benzene rings is 2. The fraction of sp³-hybridized carbons (Fsp3) is 0.217. The van der Waals surface area contributed by atoms with Gasteiger partial charge in [-0.25, -0.2) is 4.98 Å². The lowest BCUT2D eigenvalue weighted by atomic mass is 10.1. The molecule has 3 rings (SSSR count). The van der Waals surface area contributed by atoms with E-state index in [9.17, 15) is 4.79 Å². The summed E-state index contributed by atoms with van der Waals surface area (Å²) in [6.45, 7) is 7.78. The molecule has 0 atom stereocenters. The van der Waals surface area contributed by atoms with E-state index < -0.39 is 0 Å². The Balaban J connectivity index is 1.72. The molecular formula is C23H25N3O. The molecular weight excluding hydrogens is 334 g/mol. The SMILES string of the molecule is CCN(Cc1ccccc1)c1ccc(C(=O)Nc2cc(C)ccc2C)nc1. The maximum absolute atomic E-state index is 12.5. The van der Waals surface area contributed by atoms with E-state index in [1.165, 1.54) is 5.56 Å². The minimum Gasteiger partial charge on any atom is -0.366 e. The van der Waals surface area contributed by atoms with Crippen LogP contribution in [-0.2, 0) is 6.54 Å². The van der Waals surface area contributed by atoms with Crippen molar-refractivity contribution in [2.45, 2.75) is 27.3 Å². The minimum atomic E-state index is -0.193. The first-order chi connectivity index (χ1) is 13.1. The van der Waals surface area contributed by atoms with Gasteiger partial charge in [0.05, 0.1) is 11.9 Å². The fourth-order valence-electron chi connectivity index (χ4n) is 2.95. The zero-order valence-electron chi connectivity index (χ0n) is 16.1. The highest BCUT2D eigenvalue weighted by Crippen LogP contribution is 2.19. The number of anilines is 2. The van der Waals surface area contributed by atoms with Crippen LogP contribution in [-0.4, -0.2) is 17.4 Å². The van der Waals surface area contributed by atoms with Crippen molar-refractivity contribution in [3.8, 4) is 0 Å². The number of hydrogen-bond donors (Lipinski definition) is 1. The molecule has 1 amide bonds. The molecule has 1 N–H and O–H groups in total. The van der Waals surface area contributed by atoms with Crippen molar-refractivity contribution in [2.24, 2.45) is 0 Å². The summed E-state index contributed by atoms with van der Waals surface area (Å²) in [4.78, 5) is 19.1. The number of carbonyl (C=O) groups excluding carboxylic acids is 1. The van der Waals surface area contributed by atoms with Gasteiger partial charge >= 0.3 is 0 Å². The van der Waals surface area contributed by atoms with Crippen molar-refractivity contribution in [3.63, 3.8) is 0 Å². The summed E-state index contributed by atoms with van der Waals surface area (Å²) >= 11 is 0. The molecule has 0 saturated heterocycles. The van der Waals surface area contributed by atoms with E-state index in [2.05, 4.69) is 34.3 Å². The molecule has 0 aliphatic rings. The van der Waals surface area contributed by atoms with Crippen LogP contribution in [0.2, 0.25) is 0 Å². The monoisotopic (exact) mass is 359 g/mol. The molecule has 2 aromatic carbocycles. The highest BCUT2D eigenvalue weighted by Gasteiger charge is 2.11.